The lowest BCUT2D eigenvalue weighted by atomic mass is 10.2. The third kappa shape index (κ3) is 4.37. The second kappa shape index (κ2) is 6.02. The minimum atomic E-state index is -4.36. The number of aromatic nitrogens is 3. The average Bonchev–Trinajstić information content (AvgIpc) is 2.75. The van der Waals surface area contributed by atoms with Crippen LogP contribution in [0.15, 0.2) is 24.5 Å². The van der Waals surface area contributed by atoms with Crippen molar-refractivity contribution in [3.05, 3.63) is 35.8 Å². The summed E-state index contributed by atoms with van der Waals surface area (Å²) in [6.07, 6.45) is -1.18. The van der Waals surface area contributed by atoms with Crippen LogP contribution < -0.4 is 10.1 Å². The van der Waals surface area contributed by atoms with Crippen molar-refractivity contribution >= 4 is 5.69 Å². The molecule has 114 valence electrons. The van der Waals surface area contributed by atoms with E-state index in [9.17, 15) is 13.2 Å². The first-order valence-corrected chi connectivity index (χ1v) is 6.22. The molecule has 2 aromatic heterocycles. The molecular formula is C13H15F3N4O. The Morgan fingerprint density at radius 2 is 2.05 bits per heavy atom. The topological polar surface area (TPSA) is 52.0 Å². The highest BCUT2D eigenvalue weighted by Gasteiger charge is 2.28. The number of rotatable bonds is 5. The Balaban J connectivity index is 1.89. The number of alkyl halides is 3. The number of ether oxygens (including phenoxy) is 1. The standard InChI is InChI=1S/C13H15F3N4O/c1-9-10(6-19-20(9)2)5-17-11-3-4-12(18-7-11)21-8-13(14,15)16/h3-4,6-7,17H,5,8H2,1-2H3. The Morgan fingerprint density at radius 3 is 2.57 bits per heavy atom. The van der Waals surface area contributed by atoms with Crippen molar-refractivity contribution in [1.82, 2.24) is 14.8 Å². The monoisotopic (exact) mass is 300 g/mol. The molecule has 0 aliphatic rings. The van der Waals surface area contributed by atoms with Gasteiger partial charge in [-0.05, 0) is 13.0 Å². The third-order valence-electron chi connectivity index (χ3n) is 2.94. The zero-order valence-electron chi connectivity index (χ0n) is 11.6. The normalized spacial score (nSPS) is 11.5. The van der Waals surface area contributed by atoms with Crippen molar-refractivity contribution in [2.75, 3.05) is 11.9 Å². The number of hydrogen-bond acceptors (Lipinski definition) is 4. The number of hydrogen-bond donors (Lipinski definition) is 1. The van der Waals surface area contributed by atoms with Crippen LogP contribution in [-0.2, 0) is 13.6 Å². The molecule has 0 aliphatic carbocycles. The van der Waals surface area contributed by atoms with E-state index >= 15 is 0 Å². The molecule has 0 atom stereocenters. The largest absolute Gasteiger partial charge is 0.468 e. The minimum Gasteiger partial charge on any atom is -0.468 e. The lowest BCUT2D eigenvalue weighted by Gasteiger charge is -2.09. The Morgan fingerprint density at radius 1 is 1.29 bits per heavy atom. The van der Waals surface area contributed by atoms with E-state index in [1.165, 1.54) is 12.3 Å². The van der Waals surface area contributed by atoms with Gasteiger partial charge in [0, 0.05) is 30.9 Å². The third-order valence-corrected chi connectivity index (χ3v) is 2.94. The lowest BCUT2D eigenvalue weighted by Crippen LogP contribution is -2.19. The smallest absolute Gasteiger partial charge is 0.422 e. The zero-order valence-corrected chi connectivity index (χ0v) is 11.6. The molecule has 2 heterocycles. The molecule has 8 heteroatoms. The van der Waals surface area contributed by atoms with Gasteiger partial charge in [-0.25, -0.2) is 4.98 Å². The second-order valence-corrected chi connectivity index (χ2v) is 4.52. The molecule has 2 aromatic rings. The van der Waals surface area contributed by atoms with Crippen molar-refractivity contribution in [2.24, 2.45) is 7.05 Å². The molecular weight excluding hydrogens is 285 g/mol. The number of anilines is 1. The van der Waals surface area contributed by atoms with Gasteiger partial charge >= 0.3 is 6.18 Å². The van der Waals surface area contributed by atoms with Gasteiger partial charge in [0.05, 0.1) is 18.1 Å². The van der Waals surface area contributed by atoms with Gasteiger partial charge in [0.25, 0.3) is 0 Å². The molecule has 0 bridgehead atoms. The van der Waals surface area contributed by atoms with Crippen LogP contribution >= 0.6 is 0 Å². The van der Waals surface area contributed by atoms with Gasteiger partial charge < -0.3 is 10.1 Å². The first-order chi connectivity index (χ1) is 9.85. The highest BCUT2D eigenvalue weighted by Crippen LogP contribution is 2.18. The molecule has 0 fully saturated rings. The summed E-state index contributed by atoms with van der Waals surface area (Å²) in [7, 11) is 1.85. The van der Waals surface area contributed by atoms with Crippen LogP contribution in [0.5, 0.6) is 5.88 Å². The van der Waals surface area contributed by atoms with Crippen LogP contribution in [0.4, 0.5) is 18.9 Å². The zero-order chi connectivity index (χ0) is 15.5. The van der Waals surface area contributed by atoms with Gasteiger partial charge in [-0.15, -0.1) is 0 Å². The van der Waals surface area contributed by atoms with Crippen molar-refractivity contribution in [2.45, 2.75) is 19.6 Å². The molecule has 0 amide bonds. The van der Waals surface area contributed by atoms with E-state index in [0.717, 1.165) is 11.3 Å². The maximum absolute atomic E-state index is 12.0. The SMILES string of the molecule is Cc1c(CNc2ccc(OCC(F)(F)F)nc2)cnn1C. The predicted octanol–water partition coefficient (Wildman–Crippen LogP) is 2.68. The number of aryl methyl sites for hydroxylation is 1. The molecule has 0 radical (unpaired) electrons. The van der Waals surface area contributed by atoms with Gasteiger partial charge in [-0.2, -0.15) is 18.3 Å². The first kappa shape index (κ1) is 15.1. The van der Waals surface area contributed by atoms with Gasteiger partial charge in [-0.3, -0.25) is 4.68 Å². The van der Waals surface area contributed by atoms with Gasteiger partial charge in [-0.1, -0.05) is 0 Å². The fourth-order valence-electron chi connectivity index (χ4n) is 1.64. The van der Waals surface area contributed by atoms with E-state index in [2.05, 4.69) is 20.1 Å². The summed E-state index contributed by atoms with van der Waals surface area (Å²) in [5, 5.41) is 7.25. The highest BCUT2D eigenvalue weighted by atomic mass is 19.4. The second-order valence-electron chi connectivity index (χ2n) is 4.52. The quantitative estimate of drug-likeness (QED) is 0.922. The summed E-state index contributed by atoms with van der Waals surface area (Å²) < 4.78 is 42.3. The Kier molecular flexibility index (Phi) is 4.35. The number of pyridine rings is 1. The highest BCUT2D eigenvalue weighted by molar-refractivity contribution is 5.42. The van der Waals surface area contributed by atoms with E-state index in [-0.39, 0.29) is 5.88 Å². The van der Waals surface area contributed by atoms with Crippen LogP contribution in [0.1, 0.15) is 11.3 Å². The van der Waals surface area contributed by atoms with Crippen LogP contribution in [0.2, 0.25) is 0 Å². The van der Waals surface area contributed by atoms with Crippen LogP contribution in [0.25, 0.3) is 0 Å². The van der Waals surface area contributed by atoms with E-state index in [1.54, 1.807) is 16.9 Å². The van der Waals surface area contributed by atoms with E-state index in [4.69, 9.17) is 0 Å². The van der Waals surface area contributed by atoms with Crippen molar-refractivity contribution in [3.63, 3.8) is 0 Å². The summed E-state index contributed by atoms with van der Waals surface area (Å²) in [4.78, 5) is 3.82. The number of halogens is 3. The fraction of sp³-hybridized carbons (Fsp3) is 0.385. The Labute approximate surface area is 119 Å². The summed E-state index contributed by atoms with van der Waals surface area (Å²) >= 11 is 0. The molecule has 2 rings (SSSR count). The van der Waals surface area contributed by atoms with E-state index < -0.39 is 12.8 Å². The van der Waals surface area contributed by atoms with Crippen LogP contribution in [-0.4, -0.2) is 27.5 Å². The number of nitrogens with one attached hydrogen (secondary N) is 1. The van der Waals surface area contributed by atoms with Gasteiger partial charge in [0.1, 0.15) is 0 Å². The molecule has 0 aromatic carbocycles. The summed E-state index contributed by atoms with van der Waals surface area (Å²) in [6, 6.07) is 3.01. The molecule has 0 saturated heterocycles. The molecule has 1 N–H and O–H groups in total. The fourth-order valence-corrected chi connectivity index (χ4v) is 1.64. The molecule has 5 nitrogen and oxygen atoms in total. The maximum atomic E-state index is 12.0. The van der Waals surface area contributed by atoms with Crippen molar-refractivity contribution in [3.8, 4) is 5.88 Å². The molecule has 0 aliphatic heterocycles. The Bertz CT molecular complexity index is 592. The summed E-state index contributed by atoms with van der Waals surface area (Å²) in [6.45, 7) is 1.17. The maximum Gasteiger partial charge on any atom is 0.422 e. The molecule has 21 heavy (non-hydrogen) atoms. The molecule has 0 saturated carbocycles. The lowest BCUT2D eigenvalue weighted by molar-refractivity contribution is -0.154. The number of nitrogens with zero attached hydrogens (tertiary/aromatic N) is 3. The Hall–Kier alpha value is -2.25. The molecule has 0 unspecified atom stereocenters. The van der Waals surface area contributed by atoms with Crippen LogP contribution in [0.3, 0.4) is 0 Å². The van der Waals surface area contributed by atoms with Gasteiger partial charge in [0.15, 0.2) is 6.61 Å². The van der Waals surface area contributed by atoms with Crippen LogP contribution in [0, 0.1) is 6.92 Å². The van der Waals surface area contributed by atoms with E-state index in [0.29, 0.717) is 12.2 Å². The minimum absolute atomic E-state index is 0.0598. The van der Waals surface area contributed by atoms with Gasteiger partial charge in [0.2, 0.25) is 5.88 Å². The van der Waals surface area contributed by atoms with E-state index in [1.807, 2.05) is 14.0 Å². The first-order valence-electron chi connectivity index (χ1n) is 6.22. The average molecular weight is 300 g/mol. The van der Waals surface area contributed by atoms with Crippen molar-refractivity contribution < 1.29 is 17.9 Å². The van der Waals surface area contributed by atoms with Crippen molar-refractivity contribution in [1.29, 1.82) is 0 Å². The predicted molar refractivity (Wildman–Crippen MR) is 71.1 cm³/mol. The molecule has 0 spiro atoms. The summed E-state index contributed by atoms with van der Waals surface area (Å²) in [5.74, 6) is -0.0598. The summed E-state index contributed by atoms with van der Waals surface area (Å²) in [5.41, 5.74) is 2.77.